The molecule has 2 heterocycles. The maximum Gasteiger partial charge on any atom is 0.246 e. The first-order chi connectivity index (χ1) is 13.6. The molecule has 0 bridgehead atoms. The molecule has 1 amide bonds. The molecule has 2 aromatic rings. The first kappa shape index (κ1) is 19.1. The van der Waals surface area contributed by atoms with E-state index in [-0.39, 0.29) is 24.0 Å². The van der Waals surface area contributed by atoms with Gasteiger partial charge < -0.3 is 14.6 Å². The predicted molar refractivity (Wildman–Crippen MR) is 104 cm³/mol. The van der Waals surface area contributed by atoms with Crippen LogP contribution in [0.5, 0.6) is 0 Å². The van der Waals surface area contributed by atoms with Crippen molar-refractivity contribution >= 4 is 5.91 Å². The van der Waals surface area contributed by atoms with Crippen LogP contribution in [-0.4, -0.2) is 53.3 Å². The van der Waals surface area contributed by atoms with E-state index in [1.54, 1.807) is 0 Å². The number of likely N-dealkylation sites (tertiary alicyclic amines) is 1. The van der Waals surface area contributed by atoms with Crippen LogP contribution in [0.1, 0.15) is 37.0 Å². The Labute approximate surface area is 165 Å². The van der Waals surface area contributed by atoms with Crippen molar-refractivity contribution in [2.24, 2.45) is 5.92 Å². The summed E-state index contributed by atoms with van der Waals surface area (Å²) in [5.41, 5.74) is 1.11. The fourth-order valence-corrected chi connectivity index (χ4v) is 4.84. The third-order valence-corrected chi connectivity index (χ3v) is 5.95. The van der Waals surface area contributed by atoms with Crippen LogP contribution in [-0.2, 0) is 21.5 Å². The van der Waals surface area contributed by atoms with Crippen LogP contribution in [0, 0.1) is 12.8 Å². The van der Waals surface area contributed by atoms with Gasteiger partial charge in [-0.1, -0.05) is 35.5 Å². The van der Waals surface area contributed by atoms with Gasteiger partial charge >= 0.3 is 0 Å². The summed E-state index contributed by atoms with van der Waals surface area (Å²) in [6.45, 7) is 7.14. The van der Waals surface area contributed by atoms with E-state index in [2.05, 4.69) is 44.6 Å². The van der Waals surface area contributed by atoms with Gasteiger partial charge in [0.25, 0.3) is 0 Å². The summed E-state index contributed by atoms with van der Waals surface area (Å²) in [6, 6.07) is 10.6. The van der Waals surface area contributed by atoms with Crippen molar-refractivity contribution in [3.63, 3.8) is 0 Å². The Hall–Kier alpha value is -2.25. The van der Waals surface area contributed by atoms with Crippen LogP contribution < -0.4 is 5.32 Å². The van der Waals surface area contributed by atoms with E-state index < -0.39 is 0 Å². The highest BCUT2D eigenvalue weighted by molar-refractivity contribution is 5.77. The average Bonchev–Trinajstić information content (AvgIpc) is 3.33. The fraction of sp³-hybridized carbons (Fsp3) is 0.571. The van der Waals surface area contributed by atoms with Crippen molar-refractivity contribution in [1.29, 1.82) is 0 Å². The van der Waals surface area contributed by atoms with Crippen LogP contribution in [0.4, 0.5) is 0 Å². The number of aromatic nitrogens is 2. The van der Waals surface area contributed by atoms with Crippen LogP contribution in [0.2, 0.25) is 0 Å². The molecular weight excluding hydrogens is 356 g/mol. The molecule has 1 aliphatic carbocycles. The maximum atomic E-state index is 12.1. The first-order valence-electron chi connectivity index (χ1n) is 10.0. The van der Waals surface area contributed by atoms with Crippen LogP contribution >= 0.6 is 0 Å². The van der Waals surface area contributed by atoms with Crippen molar-refractivity contribution in [3.05, 3.63) is 47.6 Å². The number of carbonyl (C=O) groups is 1. The van der Waals surface area contributed by atoms with E-state index in [0.717, 1.165) is 32.5 Å². The Morgan fingerprint density at radius 2 is 2.21 bits per heavy atom. The summed E-state index contributed by atoms with van der Waals surface area (Å²) in [4.78, 5) is 19.2. The molecule has 3 atom stereocenters. The van der Waals surface area contributed by atoms with Gasteiger partial charge in [-0.15, -0.1) is 0 Å². The van der Waals surface area contributed by atoms with Gasteiger partial charge in [-0.2, -0.15) is 4.98 Å². The Bertz CT molecular complexity index is 809. The highest BCUT2D eigenvalue weighted by Gasteiger charge is 2.57. The second-order valence-electron chi connectivity index (χ2n) is 8.00. The summed E-state index contributed by atoms with van der Waals surface area (Å²) < 4.78 is 10.9. The van der Waals surface area contributed by atoms with Gasteiger partial charge in [0.05, 0.1) is 5.41 Å². The van der Waals surface area contributed by atoms with E-state index in [1.807, 2.05) is 19.9 Å². The molecule has 150 valence electrons. The minimum atomic E-state index is -0.195. The largest absolute Gasteiger partial charge is 0.372 e. The van der Waals surface area contributed by atoms with Crippen molar-refractivity contribution < 1.29 is 14.1 Å². The summed E-state index contributed by atoms with van der Waals surface area (Å²) in [5.74, 6) is 1.71. The molecule has 0 spiro atoms. The van der Waals surface area contributed by atoms with Gasteiger partial charge in [0.1, 0.15) is 6.61 Å². The molecule has 7 nitrogen and oxygen atoms in total. The van der Waals surface area contributed by atoms with E-state index >= 15 is 0 Å². The quantitative estimate of drug-likeness (QED) is 0.787. The molecule has 0 radical (unpaired) electrons. The zero-order chi connectivity index (χ0) is 19.6. The predicted octanol–water partition coefficient (Wildman–Crippen LogP) is 2.06. The number of fused-ring (bicyclic) bond motifs is 1. The van der Waals surface area contributed by atoms with Crippen LogP contribution in [0.15, 0.2) is 34.9 Å². The number of hydrogen-bond donors (Lipinski definition) is 1. The zero-order valence-corrected chi connectivity index (χ0v) is 16.6. The topological polar surface area (TPSA) is 80.5 Å². The van der Waals surface area contributed by atoms with Crippen molar-refractivity contribution in [3.8, 4) is 0 Å². The number of carbonyl (C=O) groups excluding carboxylic acids is 1. The number of aryl methyl sites for hydroxylation is 1. The molecule has 1 aliphatic heterocycles. The maximum absolute atomic E-state index is 12.1. The SMILES string of the molecule is CCOCC(=O)N[C@@H]1C[C@H]2CN(Cc3ccccc3)C[C@@]2(c2nc(C)no2)C1. The Morgan fingerprint density at radius 1 is 1.39 bits per heavy atom. The third-order valence-electron chi connectivity index (χ3n) is 5.95. The lowest BCUT2D eigenvalue weighted by molar-refractivity contribution is -0.126. The Morgan fingerprint density at radius 3 is 2.93 bits per heavy atom. The van der Waals surface area contributed by atoms with Gasteiger partial charge in [-0.3, -0.25) is 9.69 Å². The van der Waals surface area contributed by atoms with Crippen molar-refractivity contribution in [2.75, 3.05) is 26.3 Å². The van der Waals surface area contributed by atoms with Gasteiger partial charge in [-0.05, 0) is 38.2 Å². The monoisotopic (exact) mass is 384 g/mol. The minimum Gasteiger partial charge on any atom is -0.372 e. The molecule has 1 saturated heterocycles. The molecule has 1 aromatic carbocycles. The summed E-state index contributed by atoms with van der Waals surface area (Å²) in [5, 5.41) is 7.18. The minimum absolute atomic E-state index is 0.0511. The standard InChI is InChI=1S/C21H28N4O3/c1-3-27-13-19(26)23-18-9-17-12-25(11-16-7-5-4-6-8-16)14-21(17,10-18)20-22-15(2)24-28-20/h4-8,17-18H,3,9-14H2,1-2H3,(H,23,26)/t17-,18+,21-/m0/s1. The number of amides is 1. The van der Waals surface area contributed by atoms with E-state index in [4.69, 9.17) is 9.26 Å². The third kappa shape index (κ3) is 3.82. The zero-order valence-electron chi connectivity index (χ0n) is 16.6. The van der Waals surface area contributed by atoms with Crippen molar-refractivity contribution in [2.45, 2.75) is 44.7 Å². The summed E-state index contributed by atoms with van der Waals surface area (Å²) in [6.07, 6.45) is 1.74. The molecular formula is C21H28N4O3. The molecule has 1 N–H and O–H groups in total. The lowest BCUT2D eigenvalue weighted by Gasteiger charge is -2.25. The number of rotatable bonds is 7. The van der Waals surface area contributed by atoms with Crippen LogP contribution in [0.25, 0.3) is 0 Å². The first-order valence-corrected chi connectivity index (χ1v) is 10.0. The smallest absolute Gasteiger partial charge is 0.246 e. The second-order valence-corrected chi connectivity index (χ2v) is 8.00. The molecule has 1 saturated carbocycles. The van der Waals surface area contributed by atoms with E-state index in [9.17, 15) is 4.79 Å². The molecule has 0 unspecified atom stereocenters. The number of ether oxygens (including phenoxy) is 1. The van der Waals surface area contributed by atoms with Gasteiger partial charge in [-0.25, -0.2) is 0 Å². The molecule has 2 aliphatic rings. The Balaban J connectivity index is 1.49. The molecule has 2 fully saturated rings. The lowest BCUT2D eigenvalue weighted by Crippen LogP contribution is -2.39. The van der Waals surface area contributed by atoms with E-state index in [1.165, 1.54) is 5.56 Å². The van der Waals surface area contributed by atoms with Crippen LogP contribution in [0.3, 0.4) is 0 Å². The molecule has 28 heavy (non-hydrogen) atoms. The number of nitrogens with zero attached hydrogens (tertiary/aromatic N) is 3. The van der Waals surface area contributed by atoms with Gasteiger partial charge in [0, 0.05) is 32.3 Å². The van der Waals surface area contributed by atoms with Gasteiger partial charge in [0.15, 0.2) is 5.82 Å². The van der Waals surface area contributed by atoms with Gasteiger partial charge in [0.2, 0.25) is 11.8 Å². The summed E-state index contributed by atoms with van der Waals surface area (Å²) >= 11 is 0. The molecule has 7 heteroatoms. The van der Waals surface area contributed by atoms with E-state index in [0.29, 0.717) is 24.2 Å². The van der Waals surface area contributed by atoms with Crippen molar-refractivity contribution in [1.82, 2.24) is 20.4 Å². The molecule has 1 aromatic heterocycles. The normalized spacial score (nSPS) is 27.1. The number of nitrogens with one attached hydrogen (secondary N) is 1. The summed E-state index contributed by atoms with van der Waals surface area (Å²) in [7, 11) is 0. The second kappa shape index (κ2) is 8.01. The Kier molecular flexibility index (Phi) is 5.46. The number of benzene rings is 1. The lowest BCUT2D eigenvalue weighted by atomic mass is 9.80. The average molecular weight is 384 g/mol. The number of hydrogen-bond acceptors (Lipinski definition) is 6. The molecule has 4 rings (SSSR count). The highest BCUT2D eigenvalue weighted by Crippen LogP contribution is 2.50. The fourth-order valence-electron chi connectivity index (χ4n) is 4.84. The highest BCUT2D eigenvalue weighted by atomic mass is 16.5.